The van der Waals surface area contributed by atoms with Crippen molar-refractivity contribution in [2.75, 3.05) is 0 Å². The van der Waals surface area contributed by atoms with Gasteiger partial charge in [0.05, 0.1) is 23.2 Å². The Labute approximate surface area is 205 Å². The van der Waals surface area contributed by atoms with Crippen molar-refractivity contribution in [3.8, 4) is 0 Å². The zero-order valence-corrected chi connectivity index (χ0v) is 20.3. The summed E-state index contributed by atoms with van der Waals surface area (Å²) >= 11 is 0. The Morgan fingerprint density at radius 3 is 2.69 bits per heavy atom. The minimum atomic E-state index is -0.693. The lowest BCUT2D eigenvalue weighted by Gasteiger charge is -2.60. The molecular weight excluding hydrogens is 446 g/mol. The highest BCUT2D eigenvalue weighted by atomic mass is 16.6. The lowest BCUT2D eigenvalue weighted by Crippen LogP contribution is -2.60. The highest BCUT2D eigenvalue weighted by Gasteiger charge is 2.64. The van der Waals surface area contributed by atoms with Crippen LogP contribution in [0.5, 0.6) is 0 Å². The number of benzene rings is 1. The fourth-order valence-electron chi connectivity index (χ4n) is 8.25. The SMILES string of the molecule is C[C@]12C[C@@H](O)[C@H]3[C@@H]([C@H](O)C=C4C[C@@H](O)CC[C@@]43C)[C@@H]1CC[C@@H]2C(=O)/C=C/c1cccc([N+](=O)[O-])c1. The third-order valence-electron chi connectivity index (χ3n) is 9.90. The molecule has 1 aromatic carbocycles. The Hall–Kier alpha value is -2.35. The van der Waals surface area contributed by atoms with Crippen LogP contribution in [0, 0.1) is 44.6 Å². The van der Waals surface area contributed by atoms with Crippen molar-refractivity contribution in [2.45, 2.75) is 70.7 Å². The maximum Gasteiger partial charge on any atom is 0.270 e. The summed E-state index contributed by atoms with van der Waals surface area (Å²) in [5.41, 5.74) is 0.980. The van der Waals surface area contributed by atoms with Crippen molar-refractivity contribution in [1.29, 1.82) is 0 Å². The molecule has 0 amide bonds. The van der Waals surface area contributed by atoms with Crippen LogP contribution >= 0.6 is 0 Å². The highest BCUT2D eigenvalue weighted by molar-refractivity contribution is 5.96. The lowest BCUT2D eigenvalue weighted by molar-refractivity contribution is -0.384. The summed E-state index contributed by atoms with van der Waals surface area (Å²) in [6.07, 6.45) is 7.45. The summed E-state index contributed by atoms with van der Waals surface area (Å²) in [5, 5.41) is 44.0. The molecule has 0 heterocycles. The van der Waals surface area contributed by atoms with Crippen molar-refractivity contribution in [3.63, 3.8) is 0 Å². The molecule has 4 aliphatic carbocycles. The van der Waals surface area contributed by atoms with Gasteiger partial charge in [0.25, 0.3) is 5.69 Å². The van der Waals surface area contributed by atoms with Crippen molar-refractivity contribution in [3.05, 3.63) is 57.7 Å². The molecule has 35 heavy (non-hydrogen) atoms. The van der Waals surface area contributed by atoms with Crippen LogP contribution in [0.25, 0.3) is 6.08 Å². The van der Waals surface area contributed by atoms with E-state index in [1.54, 1.807) is 18.2 Å². The molecule has 0 unspecified atom stereocenters. The van der Waals surface area contributed by atoms with Gasteiger partial charge in [0.1, 0.15) is 0 Å². The number of ketones is 1. The second-order valence-electron chi connectivity index (χ2n) is 11.7. The summed E-state index contributed by atoms with van der Waals surface area (Å²) in [6.45, 7) is 4.27. The molecule has 0 aliphatic heterocycles. The number of allylic oxidation sites excluding steroid dienone is 1. The summed E-state index contributed by atoms with van der Waals surface area (Å²) in [5.74, 6) is -0.381. The first-order valence-electron chi connectivity index (χ1n) is 12.8. The molecule has 7 heteroatoms. The van der Waals surface area contributed by atoms with E-state index in [1.165, 1.54) is 18.2 Å². The quantitative estimate of drug-likeness (QED) is 0.258. The maximum atomic E-state index is 13.4. The number of non-ortho nitro benzene ring substituents is 1. The van der Waals surface area contributed by atoms with Gasteiger partial charge in [0.2, 0.25) is 0 Å². The van der Waals surface area contributed by atoms with Gasteiger partial charge in [-0.2, -0.15) is 0 Å². The minimum absolute atomic E-state index is 0.0172. The predicted molar refractivity (Wildman–Crippen MR) is 131 cm³/mol. The van der Waals surface area contributed by atoms with Crippen LogP contribution in [0.15, 0.2) is 42.0 Å². The van der Waals surface area contributed by atoms with Gasteiger partial charge >= 0.3 is 0 Å². The summed E-state index contributed by atoms with van der Waals surface area (Å²) < 4.78 is 0. The van der Waals surface area contributed by atoms with E-state index in [0.29, 0.717) is 31.2 Å². The van der Waals surface area contributed by atoms with E-state index in [0.717, 1.165) is 18.4 Å². The number of aliphatic hydroxyl groups excluding tert-OH is 3. The molecule has 0 bridgehead atoms. The van der Waals surface area contributed by atoms with Gasteiger partial charge in [0.15, 0.2) is 5.78 Å². The normalized spacial score (nSPS) is 42.7. The second kappa shape index (κ2) is 8.64. The molecule has 0 aromatic heterocycles. The number of rotatable bonds is 4. The number of fused-ring (bicyclic) bond motifs is 5. The average Bonchev–Trinajstić information content (AvgIpc) is 3.15. The van der Waals surface area contributed by atoms with Gasteiger partial charge in [-0.15, -0.1) is 0 Å². The van der Waals surface area contributed by atoms with E-state index < -0.39 is 28.7 Å². The number of carbonyl (C=O) groups is 1. The Balaban J connectivity index is 1.41. The molecule has 0 radical (unpaired) electrons. The van der Waals surface area contributed by atoms with Gasteiger partial charge in [-0.25, -0.2) is 0 Å². The van der Waals surface area contributed by atoms with Gasteiger partial charge in [0, 0.05) is 18.1 Å². The molecule has 3 saturated carbocycles. The summed E-state index contributed by atoms with van der Waals surface area (Å²) in [6, 6.07) is 6.20. The fraction of sp³-hybridized carbons (Fsp3) is 0.607. The fourth-order valence-corrected chi connectivity index (χ4v) is 8.25. The first kappa shape index (κ1) is 24.3. The maximum absolute atomic E-state index is 13.4. The second-order valence-corrected chi connectivity index (χ2v) is 11.7. The first-order valence-corrected chi connectivity index (χ1v) is 12.8. The van der Waals surface area contributed by atoms with Crippen molar-refractivity contribution < 1.29 is 25.0 Å². The highest BCUT2D eigenvalue weighted by Crippen LogP contribution is 2.66. The van der Waals surface area contributed by atoms with Crippen LogP contribution in [0.2, 0.25) is 0 Å². The Morgan fingerprint density at radius 1 is 1.17 bits per heavy atom. The Morgan fingerprint density at radius 2 is 1.94 bits per heavy atom. The molecule has 3 N–H and O–H groups in total. The third kappa shape index (κ3) is 3.88. The molecule has 7 nitrogen and oxygen atoms in total. The standard InChI is InChI=1S/C28H35NO6/c1-27-11-10-19(30)13-17(27)14-23(32)25-21-8-7-20(28(21,2)15-24(33)26(25)27)22(31)9-6-16-4-3-5-18(12-16)29(34)35/h3-6,9,12,14,19-21,23-26,30,32-33H,7-8,10-11,13,15H2,1-2H3/b9-6+/t19-,20+,21-,23+,24+,25+,26-,27-,28+/m0/s1. The molecule has 9 atom stereocenters. The van der Waals surface area contributed by atoms with Gasteiger partial charge < -0.3 is 15.3 Å². The Bertz CT molecular complexity index is 1100. The zero-order valence-electron chi connectivity index (χ0n) is 20.3. The zero-order chi connectivity index (χ0) is 25.1. The third-order valence-corrected chi connectivity index (χ3v) is 9.90. The predicted octanol–water partition coefficient (Wildman–Crippen LogP) is 4.06. The van der Waals surface area contributed by atoms with Crippen molar-refractivity contribution >= 4 is 17.5 Å². The van der Waals surface area contributed by atoms with Crippen LogP contribution in [0.3, 0.4) is 0 Å². The average molecular weight is 482 g/mol. The van der Waals surface area contributed by atoms with Gasteiger partial charge in [-0.3, -0.25) is 14.9 Å². The number of aliphatic hydroxyl groups is 3. The molecule has 188 valence electrons. The van der Waals surface area contributed by atoms with E-state index in [9.17, 15) is 30.2 Å². The topological polar surface area (TPSA) is 121 Å². The molecular formula is C28H35NO6. The lowest BCUT2D eigenvalue weighted by atomic mass is 9.45. The van der Waals surface area contributed by atoms with Crippen LogP contribution in [0.1, 0.15) is 57.9 Å². The molecule has 0 spiro atoms. The van der Waals surface area contributed by atoms with Crippen molar-refractivity contribution in [2.24, 2.45) is 34.5 Å². The number of hydrogen-bond donors (Lipinski definition) is 3. The number of nitrogens with zero attached hydrogens (tertiary/aromatic N) is 1. The Kier molecular flexibility index (Phi) is 6.01. The van der Waals surface area contributed by atoms with Crippen molar-refractivity contribution in [1.82, 2.24) is 0 Å². The van der Waals surface area contributed by atoms with Crippen LogP contribution in [0.4, 0.5) is 5.69 Å². The number of hydrogen-bond acceptors (Lipinski definition) is 6. The van der Waals surface area contributed by atoms with E-state index >= 15 is 0 Å². The number of carbonyl (C=O) groups excluding carboxylic acids is 1. The van der Waals surface area contributed by atoms with Gasteiger partial charge in [-0.05, 0) is 78.7 Å². The molecule has 1 aromatic rings. The van der Waals surface area contributed by atoms with E-state index in [4.69, 9.17) is 0 Å². The van der Waals surface area contributed by atoms with E-state index in [2.05, 4.69) is 13.8 Å². The smallest absolute Gasteiger partial charge is 0.270 e. The molecule has 3 fully saturated rings. The van der Waals surface area contributed by atoms with Crippen LogP contribution in [-0.2, 0) is 4.79 Å². The first-order chi connectivity index (χ1) is 16.5. The summed E-state index contributed by atoms with van der Waals surface area (Å²) in [4.78, 5) is 24.0. The van der Waals surface area contributed by atoms with Crippen LogP contribution in [-0.4, -0.2) is 44.3 Å². The molecule has 5 rings (SSSR count). The van der Waals surface area contributed by atoms with Crippen LogP contribution < -0.4 is 0 Å². The molecule has 4 aliphatic rings. The largest absolute Gasteiger partial charge is 0.393 e. The summed E-state index contributed by atoms with van der Waals surface area (Å²) in [7, 11) is 0. The monoisotopic (exact) mass is 481 g/mol. The molecule has 0 saturated heterocycles. The van der Waals surface area contributed by atoms with Gasteiger partial charge in [-0.1, -0.05) is 43.7 Å². The number of nitro groups is 1. The van der Waals surface area contributed by atoms with E-state index in [-0.39, 0.29) is 40.6 Å². The minimum Gasteiger partial charge on any atom is -0.393 e. The van der Waals surface area contributed by atoms with E-state index in [1.807, 2.05) is 6.08 Å². The number of nitro benzene ring substituents is 1.